The standard InChI is InChI=1S/C11H14BrFN2O3/c1-7(2-3-16)6-14-10-4-8(12)9(13)5-11(10)15(17)18/h4-5,7,14,16H,2-3,6H2,1H3. The Labute approximate surface area is 112 Å². The number of nitro benzene ring substituents is 1. The molecule has 0 saturated carbocycles. The summed E-state index contributed by atoms with van der Waals surface area (Å²) < 4.78 is 13.4. The smallest absolute Gasteiger partial charge is 0.295 e. The lowest BCUT2D eigenvalue weighted by Gasteiger charge is -2.12. The molecule has 0 amide bonds. The summed E-state index contributed by atoms with van der Waals surface area (Å²) in [6, 6.07) is 2.22. The van der Waals surface area contributed by atoms with E-state index in [1.807, 2.05) is 6.92 Å². The van der Waals surface area contributed by atoms with Gasteiger partial charge in [-0.3, -0.25) is 10.1 Å². The van der Waals surface area contributed by atoms with E-state index in [0.29, 0.717) is 13.0 Å². The number of rotatable bonds is 6. The van der Waals surface area contributed by atoms with Crippen LogP contribution in [0.2, 0.25) is 0 Å². The Balaban J connectivity index is 2.86. The average Bonchev–Trinajstić information content (AvgIpc) is 2.30. The maximum Gasteiger partial charge on any atom is 0.295 e. The van der Waals surface area contributed by atoms with Crippen molar-refractivity contribution in [2.75, 3.05) is 18.5 Å². The monoisotopic (exact) mass is 320 g/mol. The van der Waals surface area contributed by atoms with Gasteiger partial charge in [-0.1, -0.05) is 6.92 Å². The predicted molar refractivity (Wildman–Crippen MR) is 70.1 cm³/mol. The Hall–Kier alpha value is -1.21. The maximum atomic E-state index is 13.2. The van der Waals surface area contributed by atoms with E-state index in [4.69, 9.17) is 5.11 Å². The summed E-state index contributed by atoms with van der Waals surface area (Å²) in [5.74, 6) is -0.505. The van der Waals surface area contributed by atoms with Gasteiger partial charge in [0.1, 0.15) is 11.5 Å². The zero-order chi connectivity index (χ0) is 13.7. The molecule has 0 aliphatic carbocycles. The predicted octanol–water partition coefficient (Wildman–Crippen LogP) is 2.93. The third-order valence-electron chi connectivity index (χ3n) is 2.50. The fourth-order valence-electron chi connectivity index (χ4n) is 1.44. The largest absolute Gasteiger partial charge is 0.396 e. The van der Waals surface area contributed by atoms with Crippen LogP contribution in [-0.2, 0) is 0 Å². The summed E-state index contributed by atoms with van der Waals surface area (Å²) in [7, 11) is 0. The Bertz CT molecular complexity index is 443. The van der Waals surface area contributed by atoms with Gasteiger partial charge in [-0.25, -0.2) is 4.39 Å². The van der Waals surface area contributed by atoms with Crippen LogP contribution in [-0.4, -0.2) is 23.2 Å². The average molecular weight is 321 g/mol. The number of nitro groups is 1. The van der Waals surface area contributed by atoms with Crippen LogP contribution in [0.15, 0.2) is 16.6 Å². The van der Waals surface area contributed by atoms with Gasteiger partial charge >= 0.3 is 0 Å². The van der Waals surface area contributed by atoms with Gasteiger partial charge in [0.25, 0.3) is 5.69 Å². The summed E-state index contributed by atoms with van der Waals surface area (Å²) >= 11 is 2.99. The SMILES string of the molecule is CC(CCO)CNc1cc(Br)c(F)cc1[N+](=O)[O-]. The highest BCUT2D eigenvalue weighted by molar-refractivity contribution is 9.10. The molecule has 1 aromatic rings. The number of aliphatic hydroxyl groups excluding tert-OH is 1. The zero-order valence-electron chi connectivity index (χ0n) is 9.82. The fourth-order valence-corrected chi connectivity index (χ4v) is 1.78. The van der Waals surface area contributed by atoms with Crippen molar-refractivity contribution in [1.82, 2.24) is 0 Å². The van der Waals surface area contributed by atoms with Gasteiger partial charge in [-0.15, -0.1) is 0 Å². The first-order chi connectivity index (χ1) is 8.45. The molecule has 2 N–H and O–H groups in total. The van der Waals surface area contributed by atoms with Crippen LogP contribution in [0, 0.1) is 21.8 Å². The minimum absolute atomic E-state index is 0.0675. The number of benzene rings is 1. The van der Waals surface area contributed by atoms with Crippen LogP contribution in [0.25, 0.3) is 0 Å². The van der Waals surface area contributed by atoms with Gasteiger partial charge < -0.3 is 10.4 Å². The van der Waals surface area contributed by atoms with Crippen molar-refractivity contribution in [1.29, 1.82) is 0 Å². The first-order valence-electron chi connectivity index (χ1n) is 5.44. The number of aliphatic hydroxyl groups is 1. The number of nitrogens with zero attached hydrogens (tertiary/aromatic N) is 1. The summed E-state index contributed by atoms with van der Waals surface area (Å²) in [5.41, 5.74) is -0.0371. The van der Waals surface area contributed by atoms with E-state index in [0.717, 1.165) is 6.07 Å². The molecule has 18 heavy (non-hydrogen) atoms. The van der Waals surface area contributed by atoms with E-state index in [1.165, 1.54) is 6.07 Å². The van der Waals surface area contributed by atoms with Gasteiger partial charge in [0, 0.05) is 13.2 Å². The van der Waals surface area contributed by atoms with E-state index >= 15 is 0 Å². The van der Waals surface area contributed by atoms with Gasteiger partial charge in [0.05, 0.1) is 15.5 Å². The zero-order valence-corrected chi connectivity index (χ0v) is 11.4. The number of hydrogen-bond donors (Lipinski definition) is 2. The maximum absolute atomic E-state index is 13.2. The minimum Gasteiger partial charge on any atom is -0.396 e. The quantitative estimate of drug-likeness (QED) is 0.624. The van der Waals surface area contributed by atoms with Crippen LogP contribution in [0.4, 0.5) is 15.8 Å². The number of halogens is 2. The molecule has 100 valence electrons. The second-order valence-corrected chi connectivity index (χ2v) is 4.89. The molecule has 0 heterocycles. The third kappa shape index (κ3) is 3.92. The highest BCUT2D eigenvalue weighted by Gasteiger charge is 2.17. The van der Waals surface area contributed by atoms with Gasteiger partial charge in [-0.05, 0) is 34.3 Å². The molecule has 1 unspecified atom stereocenters. The number of hydrogen-bond acceptors (Lipinski definition) is 4. The second-order valence-electron chi connectivity index (χ2n) is 4.04. The highest BCUT2D eigenvalue weighted by Crippen LogP contribution is 2.30. The summed E-state index contributed by atoms with van der Waals surface area (Å²) in [6.07, 6.45) is 0.600. The Kier molecular flexibility index (Phi) is 5.49. The van der Waals surface area contributed by atoms with Crippen molar-refractivity contribution in [3.05, 3.63) is 32.5 Å². The number of nitrogens with one attached hydrogen (secondary N) is 1. The van der Waals surface area contributed by atoms with Crippen molar-refractivity contribution >= 4 is 27.3 Å². The van der Waals surface area contributed by atoms with E-state index in [1.54, 1.807) is 0 Å². The Morgan fingerprint density at radius 1 is 1.61 bits per heavy atom. The molecule has 0 saturated heterocycles. The third-order valence-corrected chi connectivity index (χ3v) is 3.11. The molecule has 5 nitrogen and oxygen atoms in total. The van der Waals surface area contributed by atoms with Gasteiger partial charge in [0.15, 0.2) is 0 Å². The first-order valence-corrected chi connectivity index (χ1v) is 6.23. The molecule has 0 bridgehead atoms. The molecular formula is C11H14BrFN2O3. The topological polar surface area (TPSA) is 75.4 Å². The highest BCUT2D eigenvalue weighted by atomic mass is 79.9. The van der Waals surface area contributed by atoms with Crippen LogP contribution >= 0.6 is 15.9 Å². The lowest BCUT2D eigenvalue weighted by Crippen LogP contribution is -2.13. The molecule has 0 fully saturated rings. The minimum atomic E-state index is -0.671. The van der Waals surface area contributed by atoms with E-state index in [-0.39, 0.29) is 28.4 Å². The second kappa shape index (κ2) is 6.65. The molecule has 0 aliphatic heterocycles. The van der Waals surface area contributed by atoms with Crippen LogP contribution in [0.5, 0.6) is 0 Å². The fraction of sp³-hybridized carbons (Fsp3) is 0.455. The lowest BCUT2D eigenvalue weighted by molar-refractivity contribution is -0.384. The van der Waals surface area contributed by atoms with Gasteiger partial charge in [0.2, 0.25) is 0 Å². The first kappa shape index (κ1) is 14.8. The molecule has 1 atom stereocenters. The molecular weight excluding hydrogens is 307 g/mol. The van der Waals surface area contributed by atoms with Gasteiger partial charge in [-0.2, -0.15) is 0 Å². The van der Waals surface area contributed by atoms with Crippen LogP contribution in [0.3, 0.4) is 0 Å². The van der Waals surface area contributed by atoms with E-state index in [2.05, 4.69) is 21.2 Å². The van der Waals surface area contributed by atoms with Crippen LogP contribution in [0.1, 0.15) is 13.3 Å². The van der Waals surface area contributed by atoms with Crippen LogP contribution < -0.4 is 5.32 Å². The Morgan fingerprint density at radius 2 is 2.28 bits per heavy atom. The summed E-state index contributed by atoms with van der Waals surface area (Å²) in [6.45, 7) is 2.45. The van der Waals surface area contributed by atoms with E-state index < -0.39 is 10.7 Å². The van der Waals surface area contributed by atoms with Crippen molar-refractivity contribution in [2.24, 2.45) is 5.92 Å². The lowest BCUT2D eigenvalue weighted by atomic mass is 10.1. The molecule has 7 heteroatoms. The van der Waals surface area contributed by atoms with Crippen molar-refractivity contribution in [2.45, 2.75) is 13.3 Å². The summed E-state index contributed by atoms with van der Waals surface area (Å²) in [4.78, 5) is 10.2. The molecule has 0 spiro atoms. The van der Waals surface area contributed by atoms with E-state index in [9.17, 15) is 14.5 Å². The molecule has 1 rings (SSSR count). The number of anilines is 1. The Morgan fingerprint density at radius 3 is 2.83 bits per heavy atom. The van der Waals surface area contributed by atoms with Crippen molar-refractivity contribution in [3.8, 4) is 0 Å². The van der Waals surface area contributed by atoms with Crippen molar-refractivity contribution in [3.63, 3.8) is 0 Å². The molecule has 0 aromatic heterocycles. The van der Waals surface area contributed by atoms with Crippen molar-refractivity contribution < 1.29 is 14.4 Å². The molecule has 0 aliphatic rings. The molecule has 1 aromatic carbocycles. The summed E-state index contributed by atoms with van der Waals surface area (Å²) in [5, 5.41) is 22.5. The molecule has 0 radical (unpaired) electrons. The normalized spacial score (nSPS) is 12.2.